The summed E-state index contributed by atoms with van der Waals surface area (Å²) in [6.45, 7) is 4.19. The molecule has 1 saturated heterocycles. The Morgan fingerprint density at radius 1 is 0.885 bits per heavy atom. The van der Waals surface area contributed by atoms with E-state index in [1.807, 2.05) is 43.3 Å². The van der Waals surface area contributed by atoms with Crippen molar-refractivity contribution in [1.29, 1.82) is 0 Å². The fourth-order valence-corrected chi connectivity index (χ4v) is 3.24. The lowest BCUT2D eigenvalue weighted by Gasteiger charge is -2.28. The molecule has 136 valence electrons. The summed E-state index contributed by atoms with van der Waals surface area (Å²) in [5.74, 6) is -0.128. The van der Waals surface area contributed by atoms with E-state index in [-0.39, 0.29) is 24.5 Å². The molecule has 0 aliphatic carbocycles. The highest BCUT2D eigenvalue weighted by Gasteiger charge is 2.12. The molecule has 0 aromatic heterocycles. The normalized spacial score (nSPS) is 14.1. The summed E-state index contributed by atoms with van der Waals surface area (Å²) in [6.07, 6.45) is 4.22. The van der Waals surface area contributed by atoms with Crippen molar-refractivity contribution in [3.8, 4) is 0 Å². The van der Waals surface area contributed by atoms with Gasteiger partial charge in [0.05, 0.1) is 0 Å². The molecular formula is C22H26N2O2. The predicted molar refractivity (Wildman–Crippen MR) is 106 cm³/mol. The Morgan fingerprint density at radius 3 is 2.19 bits per heavy atom. The van der Waals surface area contributed by atoms with Crippen molar-refractivity contribution in [2.75, 3.05) is 23.3 Å². The molecule has 1 fully saturated rings. The third-order valence-corrected chi connectivity index (χ3v) is 4.82. The molecule has 4 heteroatoms. The van der Waals surface area contributed by atoms with Gasteiger partial charge in [-0.05, 0) is 50.5 Å². The number of rotatable bonds is 6. The fourth-order valence-electron chi connectivity index (χ4n) is 3.24. The second-order valence-electron chi connectivity index (χ2n) is 6.93. The molecule has 0 saturated carbocycles. The first-order chi connectivity index (χ1) is 12.6. The third kappa shape index (κ3) is 4.94. The molecule has 1 aliphatic heterocycles. The first-order valence-electron chi connectivity index (χ1n) is 9.36. The first kappa shape index (κ1) is 18.2. The number of nitrogens with zero attached hydrogens (tertiary/aromatic N) is 1. The Bertz CT molecular complexity index is 745. The van der Waals surface area contributed by atoms with E-state index in [4.69, 9.17) is 0 Å². The minimum Gasteiger partial charge on any atom is -0.372 e. The van der Waals surface area contributed by atoms with Gasteiger partial charge in [-0.1, -0.05) is 29.8 Å². The summed E-state index contributed by atoms with van der Waals surface area (Å²) in [5.41, 5.74) is 3.76. The summed E-state index contributed by atoms with van der Waals surface area (Å²) >= 11 is 0. The van der Waals surface area contributed by atoms with E-state index >= 15 is 0 Å². The summed E-state index contributed by atoms with van der Waals surface area (Å²) < 4.78 is 0. The van der Waals surface area contributed by atoms with E-state index < -0.39 is 0 Å². The molecule has 4 nitrogen and oxygen atoms in total. The van der Waals surface area contributed by atoms with Gasteiger partial charge in [-0.2, -0.15) is 0 Å². The van der Waals surface area contributed by atoms with Gasteiger partial charge in [-0.3, -0.25) is 9.59 Å². The number of nitrogens with one attached hydrogen (secondary N) is 1. The molecule has 2 aromatic carbocycles. The van der Waals surface area contributed by atoms with Gasteiger partial charge in [0.1, 0.15) is 0 Å². The Hall–Kier alpha value is -2.62. The Morgan fingerprint density at radius 2 is 1.54 bits per heavy atom. The summed E-state index contributed by atoms with van der Waals surface area (Å²) in [6, 6.07) is 15.4. The van der Waals surface area contributed by atoms with Gasteiger partial charge in [-0.25, -0.2) is 0 Å². The minimum absolute atomic E-state index is 0.000552. The molecule has 1 amide bonds. The van der Waals surface area contributed by atoms with E-state index in [0.29, 0.717) is 5.56 Å². The SMILES string of the molecule is Cc1ccc(C(=O)CCC(=O)Nc2ccc(N3CCCCC3)cc2)cc1. The number of hydrogen-bond donors (Lipinski definition) is 1. The number of aryl methyl sites for hydroxylation is 1. The van der Waals surface area contributed by atoms with E-state index in [0.717, 1.165) is 24.3 Å². The lowest BCUT2D eigenvalue weighted by molar-refractivity contribution is -0.116. The van der Waals surface area contributed by atoms with Crippen LogP contribution in [0.1, 0.15) is 48.0 Å². The molecule has 0 bridgehead atoms. The van der Waals surface area contributed by atoms with Crippen LogP contribution in [0.4, 0.5) is 11.4 Å². The second-order valence-corrected chi connectivity index (χ2v) is 6.93. The number of Topliss-reactive ketones (excluding diaryl/α,β-unsaturated/α-hetero) is 1. The highest BCUT2D eigenvalue weighted by molar-refractivity contribution is 6.00. The Balaban J connectivity index is 1.48. The van der Waals surface area contributed by atoms with Crippen molar-refractivity contribution >= 4 is 23.1 Å². The highest BCUT2D eigenvalue weighted by atomic mass is 16.2. The van der Waals surface area contributed by atoms with Gasteiger partial charge < -0.3 is 10.2 Å². The van der Waals surface area contributed by atoms with Crippen LogP contribution in [0.3, 0.4) is 0 Å². The van der Waals surface area contributed by atoms with Gasteiger partial charge in [0.25, 0.3) is 0 Å². The largest absolute Gasteiger partial charge is 0.372 e. The van der Waals surface area contributed by atoms with E-state index in [1.54, 1.807) is 0 Å². The maximum Gasteiger partial charge on any atom is 0.224 e. The van der Waals surface area contributed by atoms with Crippen LogP contribution in [0.25, 0.3) is 0 Å². The number of ketones is 1. The zero-order chi connectivity index (χ0) is 18.4. The molecule has 0 spiro atoms. The smallest absolute Gasteiger partial charge is 0.224 e. The molecule has 26 heavy (non-hydrogen) atoms. The van der Waals surface area contributed by atoms with Gasteiger partial charge in [-0.15, -0.1) is 0 Å². The number of benzene rings is 2. The van der Waals surface area contributed by atoms with Gasteiger partial charge >= 0.3 is 0 Å². The van der Waals surface area contributed by atoms with Gasteiger partial charge in [0.2, 0.25) is 5.91 Å². The van der Waals surface area contributed by atoms with E-state index in [1.165, 1.54) is 24.9 Å². The van der Waals surface area contributed by atoms with Crippen molar-refractivity contribution in [2.45, 2.75) is 39.0 Å². The lowest BCUT2D eigenvalue weighted by Crippen LogP contribution is -2.29. The average molecular weight is 350 g/mol. The second kappa shape index (κ2) is 8.65. The number of anilines is 2. The number of carbonyl (C=O) groups excluding carboxylic acids is 2. The molecule has 1 aliphatic rings. The van der Waals surface area contributed by atoms with Crippen LogP contribution in [0.15, 0.2) is 48.5 Å². The maximum absolute atomic E-state index is 12.1. The molecule has 1 N–H and O–H groups in total. The molecule has 3 rings (SSSR count). The van der Waals surface area contributed by atoms with Crippen molar-refractivity contribution < 1.29 is 9.59 Å². The predicted octanol–water partition coefficient (Wildman–Crippen LogP) is 4.59. The van der Waals surface area contributed by atoms with Crippen molar-refractivity contribution in [1.82, 2.24) is 0 Å². The van der Waals surface area contributed by atoms with Crippen molar-refractivity contribution in [2.24, 2.45) is 0 Å². The minimum atomic E-state index is -0.129. The standard InChI is InChI=1S/C22H26N2O2/c1-17-5-7-18(8-6-17)21(25)13-14-22(26)23-19-9-11-20(12-10-19)24-15-3-2-4-16-24/h5-12H,2-4,13-16H2,1H3,(H,23,26). The van der Waals surface area contributed by atoms with Crippen LogP contribution in [0.5, 0.6) is 0 Å². The zero-order valence-corrected chi connectivity index (χ0v) is 15.3. The monoisotopic (exact) mass is 350 g/mol. The number of amides is 1. The molecule has 2 aromatic rings. The number of piperidine rings is 1. The zero-order valence-electron chi connectivity index (χ0n) is 15.3. The van der Waals surface area contributed by atoms with Crippen molar-refractivity contribution in [3.63, 3.8) is 0 Å². The number of hydrogen-bond acceptors (Lipinski definition) is 3. The van der Waals surface area contributed by atoms with Crippen LogP contribution in [-0.2, 0) is 4.79 Å². The molecule has 0 unspecified atom stereocenters. The van der Waals surface area contributed by atoms with E-state index in [2.05, 4.69) is 22.3 Å². The van der Waals surface area contributed by atoms with Crippen molar-refractivity contribution in [3.05, 3.63) is 59.7 Å². The summed E-state index contributed by atoms with van der Waals surface area (Å²) in [5, 5.41) is 2.88. The topological polar surface area (TPSA) is 49.4 Å². The van der Waals surface area contributed by atoms with Gasteiger partial charge in [0, 0.05) is 42.9 Å². The van der Waals surface area contributed by atoms with Crippen LogP contribution in [0.2, 0.25) is 0 Å². The molecule has 0 radical (unpaired) electrons. The average Bonchev–Trinajstić information content (AvgIpc) is 2.68. The Labute approximate surface area is 155 Å². The highest BCUT2D eigenvalue weighted by Crippen LogP contribution is 2.22. The van der Waals surface area contributed by atoms with E-state index in [9.17, 15) is 9.59 Å². The summed E-state index contributed by atoms with van der Waals surface area (Å²) in [4.78, 5) is 26.6. The fraction of sp³-hybridized carbons (Fsp3) is 0.364. The third-order valence-electron chi connectivity index (χ3n) is 4.82. The number of carbonyl (C=O) groups is 2. The Kier molecular flexibility index (Phi) is 6.05. The van der Waals surface area contributed by atoms with Crippen LogP contribution < -0.4 is 10.2 Å². The van der Waals surface area contributed by atoms with Gasteiger partial charge in [0.15, 0.2) is 5.78 Å². The molecule has 0 atom stereocenters. The quantitative estimate of drug-likeness (QED) is 0.775. The lowest BCUT2D eigenvalue weighted by atomic mass is 10.0. The van der Waals surface area contributed by atoms with Crippen LogP contribution in [-0.4, -0.2) is 24.8 Å². The summed E-state index contributed by atoms with van der Waals surface area (Å²) in [7, 11) is 0. The first-order valence-corrected chi connectivity index (χ1v) is 9.36. The molecular weight excluding hydrogens is 324 g/mol. The van der Waals surface area contributed by atoms with Crippen LogP contribution >= 0.6 is 0 Å². The maximum atomic E-state index is 12.1. The molecule has 1 heterocycles. The van der Waals surface area contributed by atoms with Crippen LogP contribution in [0, 0.1) is 6.92 Å².